The van der Waals surface area contributed by atoms with Crippen LogP contribution in [0.15, 0.2) is 0 Å². The van der Waals surface area contributed by atoms with Gasteiger partial charge in [-0.2, -0.15) is 0 Å². The highest BCUT2D eigenvalue weighted by Gasteiger charge is 2.45. The van der Waals surface area contributed by atoms with Crippen molar-refractivity contribution in [2.45, 2.75) is 77.3 Å². The molecule has 0 unspecified atom stereocenters. The predicted molar refractivity (Wildman–Crippen MR) is 78.6 cm³/mol. The SMILES string of the molecule is CCC(C)(C)C1CCC(CN)(N(C)C2CC2)CC1. The fourth-order valence-corrected chi connectivity index (χ4v) is 3.78. The third kappa shape index (κ3) is 2.60. The van der Waals surface area contributed by atoms with E-state index in [0.717, 1.165) is 18.5 Å². The molecule has 0 bridgehead atoms. The lowest BCUT2D eigenvalue weighted by Gasteiger charge is -2.49. The van der Waals surface area contributed by atoms with Crippen LogP contribution in [-0.4, -0.2) is 30.1 Å². The maximum Gasteiger partial charge on any atom is 0.0331 e. The van der Waals surface area contributed by atoms with Crippen LogP contribution in [0.2, 0.25) is 0 Å². The first kappa shape index (κ1) is 14.3. The van der Waals surface area contributed by atoms with Gasteiger partial charge < -0.3 is 5.73 Å². The van der Waals surface area contributed by atoms with Crippen LogP contribution < -0.4 is 5.73 Å². The smallest absolute Gasteiger partial charge is 0.0331 e. The first-order valence-electron chi connectivity index (χ1n) is 7.88. The van der Waals surface area contributed by atoms with Gasteiger partial charge in [0.2, 0.25) is 0 Å². The molecule has 0 aromatic heterocycles. The Balaban J connectivity index is 1.98. The average molecular weight is 252 g/mol. The van der Waals surface area contributed by atoms with Gasteiger partial charge in [-0.1, -0.05) is 27.2 Å². The third-order valence-corrected chi connectivity index (χ3v) is 6.16. The maximum atomic E-state index is 6.15. The van der Waals surface area contributed by atoms with Crippen LogP contribution in [0, 0.1) is 11.3 Å². The molecule has 0 heterocycles. The average Bonchev–Trinajstić information content (AvgIpc) is 3.22. The summed E-state index contributed by atoms with van der Waals surface area (Å²) in [4.78, 5) is 2.63. The van der Waals surface area contributed by atoms with Crippen molar-refractivity contribution in [1.29, 1.82) is 0 Å². The van der Waals surface area contributed by atoms with Gasteiger partial charge in [0.1, 0.15) is 0 Å². The largest absolute Gasteiger partial charge is 0.329 e. The molecule has 0 aromatic rings. The first-order valence-corrected chi connectivity index (χ1v) is 7.88. The second kappa shape index (κ2) is 5.13. The quantitative estimate of drug-likeness (QED) is 0.812. The zero-order chi connectivity index (χ0) is 13.4. The molecular weight excluding hydrogens is 220 g/mol. The van der Waals surface area contributed by atoms with E-state index in [1.54, 1.807) is 0 Å². The van der Waals surface area contributed by atoms with Gasteiger partial charge in [-0.25, -0.2) is 0 Å². The van der Waals surface area contributed by atoms with E-state index >= 15 is 0 Å². The van der Waals surface area contributed by atoms with Crippen LogP contribution >= 0.6 is 0 Å². The lowest BCUT2D eigenvalue weighted by molar-refractivity contribution is 0.0276. The highest BCUT2D eigenvalue weighted by Crippen LogP contribution is 2.46. The number of likely N-dealkylation sites (N-methyl/N-ethyl adjacent to an activating group) is 1. The van der Waals surface area contributed by atoms with Gasteiger partial charge in [0.25, 0.3) is 0 Å². The lowest BCUT2D eigenvalue weighted by Crippen LogP contribution is -2.55. The third-order valence-electron chi connectivity index (χ3n) is 6.16. The van der Waals surface area contributed by atoms with E-state index in [-0.39, 0.29) is 0 Å². The minimum absolute atomic E-state index is 0.321. The Morgan fingerprint density at radius 3 is 2.11 bits per heavy atom. The molecule has 0 spiro atoms. The van der Waals surface area contributed by atoms with Crippen molar-refractivity contribution in [2.75, 3.05) is 13.6 Å². The summed E-state index contributed by atoms with van der Waals surface area (Å²) in [7, 11) is 2.32. The molecule has 0 radical (unpaired) electrons. The van der Waals surface area contributed by atoms with Crippen LogP contribution in [0.25, 0.3) is 0 Å². The van der Waals surface area contributed by atoms with Gasteiger partial charge in [0.05, 0.1) is 0 Å². The van der Waals surface area contributed by atoms with E-state index in [0.29, 0.717) is 11.0 Å². The minimum Gasteiger partial charge on any atom is -0.329 e. The van der Waals surface area contributed by atoms with E-state index < -0.39 is 0 Å². The highest BCUT2D eigenvalue weighted by molar-refractivity contribution is 5.01. The summed E-state index contributed by atoms with van der Waals surface area (Å²) in [6, 6.07) is 0.837. The van der Waals surface area contributed by atoms with E-state index in [1.165, 1.54) is 44.9 Å². The lowest BCUT2D eigenvalue weighted by atomic mass is 9.65. The van der Waals surface area contributed by atoms with Crippen molar-refractivity contribution in [3.8, 4) is 0 Å². The summed E-state index contributed by atoms with van der Waals surface area (Å²) in [5, 5.41) is 0. The molecule has 0 saturated heterocycles. The molecule has 0 aliphatic heterocycles. The molecule has 18 heavy (non-hydrogen) atoms. The van der Waals surface area contributed by atoms with Crippen molar-refractivity contribution >= 4 is 0 Å². The Kier molecular flexibility index (Phi) is 4.08. The number of nitrogens with two attached hydrogens (primary N) is 1. The van der Waals surface area contributed by atoms with Crippen molar-refractivity contribution in [3.63, 3.8) is 0 Å². The van der Waals surface area contributed by atoms with Crippen LogP contribution in [0.4, 0.5) is 0 Å². The van der Waals surface area contributed by atoms with E-state index in [9.17, 15) is 0 Å². The van der Waals surface area contributed by atoms with Gasteiger partial charge in [0.15, 0.2) is 0 Å². The maximum absolute atomic E-state index is 6.15. The molecule has 106 valence electrons. The number of rotatable bonds is 5. The minimum atomic E-state index is 0.321. The summed E-state index contributed by atoms with van der Waals surface area (Å²) >= 11 is 0. The Hall–Kier alpha value is -0.0800. The second-order valence-electron chi connectivity index (χ2n) is 7.39. The Bertz CT molecular complexity index is 273. The van der Waals surface area contributed by atoms with Crippen LogP contribution in [0.3, 0.4) is 0 Å². The number of hydrogen-bond donors (Lipinski definition) is 1. The fraction of sp³-hybridized carbons (Fsp3) is 1.00. The topological polar surface area (TPSA) is 29.3 Å². The zero-order valence-corrected chi connectivity index (χ0v) is 12.8. The van der Waals surface area contributed by atoms with Crippen molar-refractivity contribution in [3.05, 3.63) is 0 Å². The monoisotopic (exact) mass is 252 g/mol. The summed E-state index contributed by atoms with van der Waals surface area (Å²) in [5.41, 5.74) is 6.98. The normalized spacial score (nSPS) is 34.0. The molecule has 2 rings (SSSR count). The zero-order valence-electron chi connectivity index (χ0n) is 12.8. The second-order valence-corrected chi connectivity index (χ2v) is 7.39. The van der Waals surface area contributed by atoms with Crippen molar-refractivity contribution in [2.24, 2.45) is 17.1 Å². The Morgan fingerprint density at radius 1 is 1.17 bits per heavy atom. The van der Waals surface area contributed by atoms with E-state index in [1.807, 2.05) is 0 Å². The summed E-state index contributed by atoms with van der Waals surface area (Å²) in [5.74, 6) is 0.898. The molecular formula is C16H32N2. The fourth-order valence-electron chi connectivity index (χ4n) is 3.78. The molecule has 2 heteroatoms. The number of hydrogen-bond acceptors (Lipinski definition) is 2. The molecule has 2 fully saturated rings. The van der Waals surface area contributed by atoms with Gasteiger partial charge in [0, 0.05) is 18.1 Å². The molecule has 2 nitrogen and oxygen atoms in total. The molecule has 0 amide bonds. The highest BCUT2D eigenvalue weighted by atomic mass is 15.2. The summed E-state index contributed by atoms with van der Waals surface area (Å²) in [6.07, 6.45) is 9.44. The van der Waals surface area contributed by atoms with E-state index in [4.69, 9.17) is 5.73 Å². The predicted octanol–water partition coefficient (Wildman–Crippen LogP) is 3.40. The molecule has 0 aromatic carbocycles. The van der Waals surface area contributed by atoms with Gasteiger partial charge >= 0.3 is 0 Å². The van der Waals surface area contributed by atoms with Gasteiger partial charge in [-0.05, 0) is 56.9 Å². The summed E-state index contributed by atoms with van der Waals surface area (Å²) < 4.78 is 0. The van der Waals surface area contributed by atoms with E-state index in [2.05, 4.69) is 32.7 Å². The van der Waals surface area contributed by atoms with Gasteiger partial charge in [-0.15, -0.1) is 0 Å². The van der Waals surface area contributed by atoms with Crippen molar-refractivity contribution < 1.29 is 0 Å². The first-order chi connectivity index (χ1) is 8.45. The molecule has 2 N–H and O–H groups in total. The Labute approximate surface area is 113 Å². The van der Waals surface area contributed by atoms with Crippen LogP contribution in [0.1, 0.15) is 65.7 Å². The van der Waals surface area contributed by atoms with Gasteiger partial charge in [-0.3, -0.25) is 4.90 Å². The van der Waals surface area contributed by atoms with Crippen molar-refractivity contribution in [1.82, 2.24) is 4.90 Å². The Morgan fingerprint density at radius 2 is 1.72 bits per heavy atom. The molecule has 2 aliphatic rings. The molecule has 0 atom stereocenters. The van der Waals surface area contributed by atoms with Crippen LogP contribution in [-0.2, 0) is 0 Å². The molecule has 2 saturated carbocycles. The summed E-state index contributed by atoms with van der Waals surface area (Å²) in [6.45, 7) is 8.07. The number of nitrogens with zero attached hydrogens (tertiary/aromatic N) is 1. The standard InChI is InChI=1S/C16H32N2/c1-5-15(2,3)13-8-10-16(12-17,11-9-13)18(4)14-6-7-14/h13-14H,5-12,17H2,1-4H3. The van der Waals surface area contributed by atoms with Crippen LogP contribution in [0.5, 0.6) is 0 Å². The molecule has 2 aliphatic carbocycles.